The fraction of sp³-hybridized carbons (Fsp3) is 0. The SMILES string of the molecule is c1ccc2cc(-c3ccc(-n4c5cc(-c6nc7ccccc7s6)ccc5c5ccc(-c6nc7ccccc7s6)cc54)cc3)ccc2c1. The third-order valence-electron chi connectivity index (χ3n) is 9.06. The van der Waals surface area contributed by atoms with Crippen molar-refractivity contribution in [2.75, 3.05) is 0 Å². The smallest absolute Gasteiger partial charge is 0.124 e. The number of fused-ring (bicyclic) bond motifs is 6. The molecule has 5 heteroatoms. The van der Waals surface area contributed by atoms with Crippen molar-refractivity contribution in [1.82, 2.24) is 14.5 Å². The Morgan fingerprint density at radius 2 is 0.915 bits per heavy atom. The molecular weight excluding hydrogens is 611 g/mol. The van der Waals surface area contributed by atoms with E-state index in [1.807, 2.05) is 0 Å². The van der Waals surface area contributed by atoms with Crippen molar-refractivity contribution in [3.63, 3.8) is 0 Å². The molecule has 10 aromatic rings. The second-order valence-corrected chi connectivity index (χ2v) is 13.9. The molecule has 0 aliphatic rings. The first-order valence-electron chi connectivity index (χ1n) is 15.6. The average molecular weight is 636 g/mol. The Morgan fingerprint density at radius 3 is 1.51 bits per heavy atom. The molecule has 0 unspecified atom stereocenters. The number of hydrogen-bond acceptors (Lipinski definition) is 4. The maximum absolute atomic E-state index is 4.99. The molecule has 0 atom stereocenters. The molecule has 0 fully saturated rings. The van der Waals surface area contributed by atoms with E-state index in [1.165, 1.54) is 42.1 Å². The van der Waals surface area contributed by atoms with Gasteiger partial charge in [0.05, 0.1) is 31.5 Å². The summed E-state index contributed by atoms with van der Waals surface area (Å²) in [7, 11) is 0. The summed E-state index contributed by atoms with van der Waals surface area (Å²) < 4.78 is 4.81. The number of benzene rings is 7. The van der Waals surface area contributed by atoms with Crippen molar-refractivity contribution < 1.29 is 0 Å². The minimum atomic E-state index is 1.03. The largest absolute Gasteiger partial charge is 0.309 e. The fourth-order valence-corrected chi connectivity index (χ4v) is 8.65. The van der Waals surface area contributed by atoms with Gasteiger partial charge in [0.15, 0.2) is 0 Å². The highest BCUT2D eigenvalue weighted by molar-refractivity contribution is 7.22. The van der Waals surface area contributed by atoms with E-state index in [9.17, 15) is 0 Å². The standard InChI is InChI=1S/C42H25N3S2/c1-2-8-28-23-29(14-13-26(28)7-1)27-15-19-32(20-16-27)45-37-24-30(41-43-35-9-3-5-11-39(35)46-41)17-21-33(37)34-22-18-31(25-38(34)45)42-44-36-10-4-6-12-40(36)47-42/h1-25H. The third kappa shape index (κ3) is 4.39. The Hall–Kier alpha value is -5.62. The van der Waals surface area contributed by atoms with Crippen molar-refractivity contribution >= 4 is 75.7 Å². The average Bonchev–Trinajstić information content (AvgIpc) is 3.85. The van der Waals surface area contributed by atoms with Crippen LogP contribution >= 0.6 is 22.7 Å². The Morgan fingerprint density at radius 1 is 0.404 bits per heavy atom. The minimum Gasteiger partial charge on any atom is -0.309 e. The number of thiazole rings is 2. The van der Waals surface area contributed by atoms with Crippen LogP contribution in [0.5, 0.6) is 0 Å². The Kier molecular flexibility index (Phi) is 5.92. The molecule has 7 aromatic carbocycles. The minimum absolute atomic E-state index is 1.03. The van der Waals surface area contributed by atoms with Crippen LogP contribution in [0.25, 0.3) is 91.0 Å². The van der Waals surface area contributed by atoms with Crippen molar-refractivity contribution in [2.24, 2.45) is 0 Å². The van der Waals surface area contributed by atoms with Crippen molar-refractivity contribution in [2.45, 2.75) is 0 Å². The molecule has 0 radical (unpaired) electrons. The summed E-state index contributed by atoms with van der Waals surface area (Å²) in [6.07, 6.45) is 0. The highest BCUT2D eigenvalue weighted by Gasteiger charge is 2.17. The molecule has 0 saturated heterocycles. The van der Waals surface area contributed by atoms with Gasteiger partial charge in [0.1, 0.15) is 10.0 Å². The second-order valence-electron chi connectivity index (χ2n) is 11.9. The highest BCUT2D eigenvalue weighted by Crippen LogP contribution is 2.40. The first-order chi connectivity index (χ1) is 23.2. The molecule has 0 aliphatic carbocycles. The molecule has 0 amide bonds. The van der Waals surface area contributed by atoms with Crippen molar-refractivity contribution in [3.8, 4) is 38.0 Å². The van der Waals surface area contributed by atoms with Gasteiger partial charge in [0, 0.05) is 27.6 Å². The lowest BCUT2D eigenvalue weighted by Gasteiger charge is -2.11. The van der Waals surface area contributed by atoms with E-state index >= 15 is 0 Å². The monoisotopic (exact) mass is 635 g/mol. The molecule has 0 saturated carbocycles. The fourth-order valence-electron chi connectivity index (χ4n) is 6.73. The number of aromatic nitrogens is 3. The summed E-state index contributed by atoms with van der Waals surface area (Å²) in [5.74, 6) is 0. The first-order valence-corrected chi connectivity index (χ1v) is 17.3. The molecule has 47 heavy (non-hydrogen) atoms. The molecule has 3 nitrogen and oxygen atoms in total. The van der Waals surface area contributed by atoms with Crippen LogP contribution in [0.1, 0.15) is 0 Å². The van der Waals surface area contributed by atoms with E-state index in [1.54, 1.807) is 22.7 Å². The zero-order chi connectivity index (χ0) is 30.9. The first kappa shape index (κ1) is 26.6. The van der Waals surface area contributed by atoms with Crippen molar-refractivity contribution in [3.05, 3.63) is 152 Å². The zero-order valence-electron chi connectivity index (χ0n) is 25.1. The van der Waals surface area contributed by atoms with Gasteiger partial charge < -0.3 is 4.57 Å². The summed E-state index contributed by atoms with van der Waals surface area (Å²) in [4.78, 5) is 9.98. The summed E-state index contributed by atoms with van der Waals surface area (Å²) >= 11 is 3.48. The Labute approximate surface area is 278 Å². The molecule has 10 rings (SSSR count). The maximum Gasteiger partial charge on any atom is 0.124 e. The molecule has 0 spiro atoms. The van der Waals surface area contributed by atoms with E-state index in [0.29, 0.717) is 0 Å². The van der Waals surface area contributed by atoms with Crippen molar-refractivity contribution in [1.29, 1.82) is 0 Å². The molecule has 0 N–H and O–H groups in total. The lowest BCUT2D eigenvalue weighted by molar-refractivity contribution is 1.18. The van der Waals surface area contributed by atoms with Gasteiger partial charge in [0.25, 0.3) is 0 Å². The van der Waals surface area contributed by atoms with Gasteiger partial charge in [-0.15, -0.1) is 22.7 Å². The lowest BCUT2D eigenvalue weighted by atomic mass is 10.0. The van der Waals surface area contributed by atoms with Crippen LogP contribution < -0.4 is 0 Å². The van der Waals surface area contributed by atoms with Gasteiger partial charge in [-0.25, -0.2) is 9.97 Å². The Bertz CT molecular complexity index is 2600. The van der Waals surface area contributed by atoms with Gasteiger partial charge in [0.2, 0.25) is 0 Å². The number of hydrogen-bond donors (Lipinski definition) is 0. The highest BCUT2D eigenvalue weighted by atomic mass is 32.1. The van der Waals surface area contributed by atoms with E-state index in [4.69, 9.17) is 9.97 Å². The van der Waals surface area contributed by atoms with Gasteiger partial charge in [-0.05, 0) is 76.5 Å². The zero-order valence-corrected chi connectivity index (χ0v) is 26.7. The summed E-state index contributed by atoms with van der Waals surface area (Å²) in [5.41, 5.74) is 10.2. The van der Waals surface area contributed by atoms with Crippen LogP contribution in [0.3, 0.4) is 0 Å². The molecule has 0 bridgehead atoms. The van der Waals surface area contributed by atoms with Gasteiger partial charge in [-0.3, -0.25) is 0 Å². The quantitative estimate of drug-likeness (QED) is 0.193. The summed E-state index contributed by atoms with van der Waals surface area (Å²) in [5, 5.41) is 7.02. The van der Waals surface area contributed by atoms with E-state index in [2.05, 4.69) is 156 Å². The molecule has 0 aliphatic heterocycles. The van der Waals surface area contributed by atoms with Gasteiger partial charge in [-0.2, -0.15) is 0 Å². The van der Waals surface area contributed by atoms with Crippen LogP contribution in [0.15, 0.2) is 152 Å². The van der Waals surface area contributed by atoms with Crippen LogP contribution in [-0.2, 0) is 0 Å². The normalized spacial score (nSPS) is 11.8. The molecule has 220 valence electrons. The number of rotatable bonds is 4. The second kappa shape index (κ2) is 10.5. The van der Waals surface area contributed by atoms with Crippen LogP contribution in [-0.4, -0.2) is 14.5 Å². The third-order valence-corrected chi connectivity index (χ3v) is 11.2. The molecule has 3 heterocycles. The van der Waals surface area contributed by atoms with Crippen LogP contribution in [0.2, 0.25) is 0 Å². The number of para-hydroxylation sites is 2. The predicted octanol–water partition coefficient (Wildman–Crippen LogP) is 12.2. The lowest BCUT2D eigenvalue weighted by Crippen LogP contribution is -1.94. The topological polar surface area (TPSA) is 30.7 Å². The Balaban J connectivity index is 1.17. The van der Waals surface area contributed by atoms with E-state index < -0.39 is 0 Å². The number of nitrogens with zero attached hydrogens (tertiary/aromatic N) is 3. The molecule has 3 aromatic heterocycles. The molecular formula is C42H25N3S2. The van der Waals surface area contributed by atoms with Crippen LogP contribution in [0, 0.1) is 0 Å². The summed E-state index contributed by atoms with van der Waals surface area (Å²) in [6, 6.07) is 54.5. The van der Waals surface area contributed by atoms with Gasteiger partial charge in [-0.1, -0.05) is 97.1 Å². The van der Waals surface area contributed by atoms with Gasteiger partial charge >= 0.3 is 0 Å². The van der Waals surface area contributed by atoms with Crippen LogP contribution in [0.4, 0.5) is 0 Å². The summed E-state index contributed by atoms with van der Waals surface area (Å²) in [6.45, 7) is 0. The predicted molar refractivity (Wildman–Crippen MR) is 201 cm³/mol. The maximum atomic E-state index is 4.99. The van der Waals surface area contributed by atoms with E-state index in [-0.39, 0.29) is 0 Å². The van der Waals surface area contributed by atoms with E-state index in [0.717, 1.165) is 48.9 Å².